The van der Waals surface area contributed by atoms with Crippen molar-refractivity contribution in [2.45, 2.75) is 71.1 Å². The van der Waals surface area contributed by atoms with Crippen LogP contribution in [0.25, 0.3) is 10.8 Å². The molecule has 0 bridgehead atoms. The van der Waals surface area contributed by atoms with E-state index in [-0.39, 0.29) is 33.8 Å². The Bertz CT molecular complexity index is 1620. The number of carbonyl (C=O) groups is 4. The predicted octanol–water partition coefficient (Wildman–Crippen LogP) is 6.58. The number of carbonyl (C=O) groups excluding carboxylic acids is 4. The van der Waals surface area contributed by atoms with Crippen LogP contribution in [0.1, 0.15) is 117 Å². The third-order valence-electron chi connectivity index (χ3n) is 10.4. The summed E-state index contributed by atoms with van der Waals surface area (Å²) in [6.45, 7) is 9.46. The van der Waals surface area contributed by atoms with Crippen molar-refractivity contribution in [2.24, 2.45) is 11.3 Å². The standard InChI is InChI=1S/C34H33NO5/c1-18(2)20-7-6-19-8-13-26-33(3,14-5-15-34(26,4)25(19)16-20)17-35-29(36)21-9-11-23-28-24(32(39)40-31(23)38)12-10-22(27(21)28)30(35)37/h6-7,9-12,16,18,26H,5,8,13-15,17H2,1-4H3/t26-,33-,34+/m0/s1. The quantitative estimate of drug-likeness (QED) is 0.215. The number of benzene rings is 3. The van der Waals surface area contributed by atoms with E-state index in [2.05, 4.69) is 45.9 Å². The summed E-state index contributed by atoms with van der Waals surface area (Å²) in [4.78, 5) is 54.3. The number of imide groups is 1. The van der Waals surface area contributed by atoms with Gasteiger partial charge in [-0.1, -0.05) is 52.3 Å². The van der Waals surface area contributed by atoms with Gasteiger partial charge in [0.25, 0.3) is 11.8 Å². The molecule has 0 aromatic heterocycles. The average molecular weight is 536 g/mol. The van der Waals surface area contributed by atoms with Crippen molar-refractivity contribution in [1.82, 2.24) is 4.90 Å². The molecule has 1 fully saturated rings. The lowest BCUT2D eigenvalue weighted by Gasteiger charge is -2.56. The van der Waals surface area contributed by atoms with Crippen LogP contribution in [0.2, 0.25) is 0 Å². The minimum absolute atomic E-state index is 0.0210. The number of ether oxygens (including phenoxy) is 1. The van der Waals surface area contributed by atoms with E-state index in [1.54, 1.807) is 12.1 Å². The van der Waals surface area contributed by atoms with Gasteiger partial charge in [-0.15, -0.1) is 0 Å². The molecule has 6 nitrogen and oxygen atoms in total. The lowest BCUT2D eigenvalue weighted by atomic mass is 9.49. The van der Waals surface area contributed by atoms with E-state index >= 15 is 0 Å². The number of fused-ring (bicyclic) bond motifs is 3. The molecule has 3 aromatic rings. The molecule has 2 amide bonds. The summed E-state index contributed by atoms with van der Waals surface area (Å²) in [5.41, 5.74) is 5.09. The average Bonchev–Trinajstić information content (AvgIpc) is 2.92. The van der Waals surface area contributed by atoms with Crippen LogP contribution in [0.5, 0.6) is 0 Å². The van der Waals surface area contributed by atoms with E-state index in [0.29, 0.717) is 40.3 Å². The summed E-state index contributed by atoms with van der Waals surface area (Å²) < 4.78 is 4.87. The molecule has 204 valence electrons. The van der Waals surface area contributed by atoms with Gasteiger partial charge in [0.1, 0.15) is 0 Å². The normalized spacial score (nSPS) is 27.1. The Morgan fingerprint density at radius 2 is 1.45 bits per heavy atom. The summed E-state index contributed by atoms with van der Waals surface area (Å²) >= 11 is 0. The minimum Gasteiger partial charge on any atom is -0.386 e. The molecule has 0 radical (unpaired) electrons. The first-order chi connectivity index (χ1) is 19.0. The van der Waals surface area contributed by atoms with Gasteiger partial charge in [-0.25, -0.2) is 9.59 Å². The molecule has 0 saturated heterocycles. The highest BCUT2D eigenvalue weighted by molar-refractivity contribution is 6.31. The molecule has 40 heavy (non-hydrogen) atoms. The van der Waals surface area contributed by atoms with Crippen molar-refractivity contribution in [3.63, 3.8) is 0 Å². The van der Waals surface area contributed by atoms with Gasteiger partial charge in [-0.2, -0.15) is 0 Å². The molecule has 6 heteroatoms. The fraction of sp³-hybridized carbons (Fsp3) is 0.412. The zero-order chi connectivity index (χ0) is 28.1. The number of esters is 2. The van der Waals surface area contributed by atoms with Gasteiger partial charge in [-0.05, 0) is 89.3 Å². The van der Waals surface area contributed by atoms with Crippen LogP contribution in [0, 0.1) is 11.3 Å². The number of hydrogen-bond donors (Lipinski definition) is 0. The first kappa shape index (κ1) is 25.2. The van der Waals surface area contributed by atoms with E-state index in [4.69, 9.17) is 4.74 Å². The van der Waals surface area contributed by atoms with Crippen LogP contribution in [0.15, 0.2) is 42.5 Å². The number of amides is 2. The summed E-state index contributed by atoms with van der Waals surface area (Å²) in [7, 11) is 0. The summed E-state index contributed by atoms with van der Waals surface area (Å²) in [6, 6.07) is 13.3. The van der Waals surface area contributed by atoms with Gasteiger partial charge < -0.3 is 4.74 Å². The van der Waals surface area contributed by atoms with Crippen molar-refractivity contribution in [1.29, 1.82) is 0 Å². The van der Waals surface area contributed by atoms with Gasteiger partial charge in [0.15, 0.2) is 0 Å². The number of nitrogens with zero attached hydrogens (tertiary/aromatic N) is 1. The summed E-state index contributed by atoms with van der Waals surface area (Å²) in [5.74, 6) is -1.45. The van der Waals surface area contributed by atoms with Crippen LogP contribution >= 0.6 is 0 Å². The Kier molecular flexibility index (Phi) is 5.26. The molecule has 3 aromatic carbocycles. The minimum atomic E-state index is -0.754. The Balaban J connectivity index is 1.29. The van der Waals surface area contributed by atoms with E-state index < -0.39 is 11.9 Å². The van der Waals surface area contributed by atoms with Gasteiger partial charge in [-0.3, -0.25) is 14.5 Å². The highest BCUT2D eigenvalue weighted by Crippen LogP contribution is 2.58. The second-order valence-corrected chi connectivity index (χ2v) is 13.0. The number of aryl methyl sites for hydroxylation is 1. The molecule has 3 atom stereocenters. The van der Waals surface area contributed by atoms with Gasteiger partial charge in [0, 0.05) is 28.4 Å². The maximum Gasteiger partial charge on any atom is 0.346 e. The zero-order valence-electron chi connectivity index (χ0n) is 23.4. The Hall–Kier alpha value is -3.80. The van der Waals surface area contributed by atoms with Crippen LogP contribution in [0.3, 0.4) is 0 Å². The van der Waals surface area contributed by atoms with Crippen LogP contribution < -0.4 is 0 Å². The first-order valence-electron chi connectivity index (χ1n) is 14.4. The fourth-order valence-corrected chi connectivity index (χ4v) is 8.43. The van der Waals surface area contributed by atoms with E-state index in [1.165, 1.54) is 33.7 Å². The Morgan fingerprint density at radius 3 is 2.08 bits per heavy atom. The van der Waals surface area contributed by atoms with Crippen molar-refractivity contribution >= 4 is 34.5 Å². The van der Waals surface area contributed by atoms with Crippen LogP contribution in [-0.4, -0.2) is 35.2 Å². The molecule has 7 rings (SSSR count). The van der Waals surface area contributed by atoms with Crippen LogP contribution in [-0.2, 0) is 16.6 Å². The maximum atomic E-state index is 14.0. The summed E-state index contributed by atoms with van der Waals surface area (Å²) in [5, 5.41) is 0.733. The topological polar surface area (TPSA) is 80.8 Å². The lowest BCUT2D eigenvalue weighted by Crippen LogP contribution is -2.55. The van der Waals surface area contributed by atoms with Crippen molar-refractivity contribution < 1.29 is 23.9 Å². The van der Waals surface area contributed by atoms with Crippen molar-refractivity contribution in [3.8, 4) is 0 Å². The SMILES string of the molecule is CC(C)c1ccc2c(c1)[C@@]1(C)CCC[C@@](C)(CN3C(=O)c4ccc5c6c(ccc(c46)C3=O)C(=O)OC5=O)[C@@H]1CC2. The zero-order valence-corrected chi connectivity index (χ0v) is 23.4. The molecule has 1 saturated carbocycles. The number of rotatable bonds is 3. The molecular weight excluding hydrogens is 502 g/mol. The highest BCUT2D eigenvalue weighted by Gasteiger charge is 2.53. The molecule has 2 heterocycles. The van der Waals surface area contributed by atoms with Crippen molar-refractivity contribution in [3.05, 3.63) is 81.4 Å². The highest BCUT2D eigenvalue weighted by atomic mass is 16.6. The largest absolute Gasteiger partial charge is 0.386 e. The Labute approximate surface area is 233 Å². The van der Waals surface area contributed by atoms with Crippen LogP contribution in [0.4, 0.5) is 0 Å². The second-order valence-electron chi connectivity index (χ2n) is 13.0. The van der Waals surface area contributed by atoms with E-state index in [1.807, 2.05) is 0 Å². The number of hydrogen-bond acceptors (Lipinski definition) is 5. The number of cyclic esters (lactones) is 2. The van der Waals surface area contributed by atoms with E-state index in [0.717, 1.165) is 32.1 Å². The third kappa shape index (κ3) is 3.28. The molecule has 0 unspecified atom stereocenters. The molecule has 4 aliphatic rings. The monoisotopic (exact) mass is 535 g/mol. The van der Waals surface area contributed by atoms with Crippen molar-refractivity contribution in [2.75, 3.05) is 6.54 Å². The lowest BCUT2D eigenvalue weighted by molar-refractivity contribution is 0.000220. The molecule has 0 spiro atoms. The predicted molar refractivity (Wildman–Crippen MR) is 151 cm³/mol. The Morgan fingerprint density at radius 1 is 0.850 bits per heavy atom. The molecular formula is C34H33NO5. The molecule has 2 aliphatic carbocycles. The maximum absolute atomic E-state index is 14.0. The van der Waals surface area contributed by atoms with Gasteiger partial charge in [0.2, 0.25) is 0 Å². The van der Waals surface area contributed by atoms with E-state index in [9.17, 15) is 19.2 Å². The second kappa shape index (κ2) is 8.35. The fourth-order valence-electron chi connectivity index (χ4n) is 8.43. The third-order valence-corrected chi connectivity index (χ3v) is 10.4. The molecule has 0 N–H and O–H groups in total. The van der Waals surface area contributed by atoms with Gasteiger partial charge >= 0.3 is 11.9 Å². The first-order valence-corrected chi connectivity index (χ1v) is 14.4. The smallest absolute Gasteiger partial charge is 0.346 e. The molecule has 2 aliphatic heterocycles. The van der Waals surface area contributed by atoms with Gasteiger partial charge in [0.05, 0.1) is 11.1 Å². The summed E-state index contributed by atoms with van der Waals surface area (Å²) in [6.07, 6.45) is 5.11.